The van der Waals surface area contributed by atoms with Crippen molar-refractivity contribution in [1.82, 2.24) is 0 Å². The molecular formula is C24H20F4O. The molecule has 0 spiro atoms. The van der Waals surface area contributed by atoms with Crippen molar-refractivity contribution in [3.05, 3.63) is 76.9 Å². The number of rotatable bonds is 6. The van der Waals surface area contributed by atoms with E-state index in [9.17, 15) is 13.2 Å². The molecule has 1 aliphatic carbocycles. The Morgan fingerprint density at radius 1 is 0.966 bits per heavy atom. The average molecular weight is 400 g/mol. The van der Waals surface area contributed by atoms with Crippen molar-refractivity contribution in [3.63, 3.8) is 0 Å². The molecule has 0 radical (unpaired) electrons. The zero-order chi connectivity index (χ0) is 20.5. The zero-order valence-electron chi connectivity index (χ0n) is 15.9. The summed E-state index contributed by atoms with van der Waals surface area (Å²) in [5.74, 6) is -1.33. The Hall–Kier alpha value is -2.82. The molecule has 3 aromatic rings. The molecule has 150 valence electrons. The van der Waals surface area contributed by atoms with E-state index in [0.717, 1.165) is 30.4 Å². The fourth-order valence-corrected chi connectivity index (χ4v) is 3.92. The number of unbranched alkanes of at least 4 members (excludes halogenated alkanes) is 1. The molecule has 0 amide bonds. The van der Waals surface area contributed by atoms with Crippen LogP contribution in [0.4, 0.5) is 17.6 Å². The van der Waals surface area contributed by atoms with Crippen LogP contribution < -0.4 is 4.74 Å². The predicted octanol–water partition coefficient (Wildman–Crippen LogP) is 7.15. The van der Waals surface area contributed by atoms with Gasteiger partial charge in [-0.15, -0.1) is 0 Å². The number of halogens is 4. The molecule has 0 N–H and O–H groups in total. The molecule has 0 fully saturated rings. The van der Waals surface area contributed by atoms with Gasteiger partial charge < -0.3 is 4.74 Å². The summed E-state index contributed by atoms with van der Waals surface area (Å²) >= 11 is 0. The number of hydrogen-bond acceptors (Lipinski definition) is 1. The van der Waals surface area contributed by atoms with Crippen molar-refractivity contribution >= 4 is 0 Å². The van der Waals surface area contributed by atoms with E-state index in [1.807, 2.05) is 12.1 Å². The van der Waals surface area contributed by atoms with Crippen LogP contribution in [0.1, 0.15) is 36.5 Å². The number of fused-ring (bicyclic) bond motifs is 3. The SMILES string of the molecule is CCCCc1ccc2c(c1)Cc1c-2cc(F)c(-c2ccc(OC(F)F)cc2)c1F. The number of hydrogen-bond donors (Lipinski definition) is 0. The minimum atomic E-state index is -2.95. The molecule has 0 atom stereocenters. The van der Waals surface area contributed by atoms with Gasteiger partial charge in [0.2, 0.25) is 0 Å². The van der Waals surface area contributed by atoms with E-state index in [-0.39, 0.29) is 16.9 Å². The minimum Gasteiger partial charge on any atom is -0.435 e. The molecule has 0 aromatic heterocycles. The molecule has 29 heavy (non-hydrogen) atoms. The number of alkyl halides is 2. The Balaban J connectivity index is 1.70. The van der Waals surface area contributed by atoms with Gasteiger partial charge in [-0.3, -0.25) is 0 Å². The fraction of sp³-hybridized carbons (Fsp3) is 0.250. The van der Waals surface area contributed by atoms with Crippen LogP contribution in [0, 0.1) is 11.6 Å². The lowest BCUT2D eigenvalue weighted by atomic mass is 9.97. The first-order valence-electron chi connectivity index (χ1n) is 9.66. The van der Waals surface area contributed by atoms with Crippen LogP contribution >= 0.6 is 0 Å². The van der Waals surface area contributed by atoms with Crippen LogP contribution in [0.25, 0.3) is 22.3 Å². The van der Waals surface area contributed by atoms with Crippen LogP contribution in [-0.2, 0) is 12.8 Å². The molecular weight excluding hydrogens is 380 g/mol. The largest absolute Gasteiger partial charge is 0.435 e. The van der Waals surface area contributed by atoms with Crippen molar-refractivity contribution in [3.8, 4) is 28.0 Å². The fourth-order valence-electron chi connectivity index (χ4n) is 3.92. The van der Waals surface area contributed by atoms with Gasteiger partial charge in [0.15, 0.2) is 0 Å². The number of aryl methyl sites for hydroxylation is 1. The molecule has 0 aliphatic heterocycles. The van der Waals surface area contributed by atoms with E-state index in [1.165, 1.54) is 35.9 Å². The summed E-state index contributed by atoms with van der Waals surface area (Å²) in [6, 6.07) is 12.8. The average Bonchev–Trinajstić information content (AvgIpc) is 3.05. The van der Waals surface area contributed by atoms with Crippen LogP contribution in [0.3, 0.4) is 0 Å². The van der Waals surface area contributed by atoms with Crippen molar-refractivity contribution < 1.29 is 22.3 Å². The summed E-state index contributed by atoms with van der Waals surface area (Å²) in [4.78, 5) is 0. The standard InChI is InChI=1S/C24H20F4O/c1-2-3-4-14-5-10-18-16(11-14)12-20-19(18)13-21(25)22(23(20)26)15-6-8-17(9-7-15)29-24(27)28/h5-11,13,24H,2-4,12H2,1H3. The Kier molecular flexibility index (Phi) is 5.31. The maximum Gasteiger partial charge on any atom is 0.387 e. The van der Waals surface area contributed by atoms with Crippen molar-refractivity contribution in [2.45, 2.75) is 39.2 Å². The third kappa shape index (κ3) is 3.74. The van der Waals surface area contributed by atoms with Crippen molar-refractivity contribution in [2.75, 3.05) is 0 Å². The van der Waals surface area contributed by atoms with E-state index >= 15 is 4.39 Å². The van der Waals surface area contributed by atoms with Gasteiger partial charge in [0.05, 0.1) is 5.56 Å². The third-order valence-corrected chi connectivity index (χ3v) is 5.33. The van der Waals surface area contributed by atoms with Gasteiger partial charge in [-0.25, -0.2) is 8.78 Å². The van der Waals surface area contributed by atoms with Gasteiger partial charge in [-0.05, 0) is 58.9 Å². The summed E-state index contributed by atoms with van der Waals surface area (Å²) in [7, 11) is 0. The second-order valence-electron chi connectivity index (χ2n) is 7.25. The monoisotopic (exact) mass is 400 g/mol. The number of ether oxygens (including phenoxy) is 1. The maximum atomic E-state index is 15.3. The lowest BCUT2D eigenvalue weighted by Gasteiger charge is -2.11. The molecule has 3 aromatic carbocycles. The number of benzene rings is 3. The van der Waals surface area contributed by atoms with Gasteiger partial charge in [0, 0.05) is 12.0 Å². The molecule has 1 nitrogen and oxygen atoms in total. The molecule has 0 saturated carbocycles. The van der Waals surface area contributed by atoms with Crippen LogP contribution in [0.2, 0.25) is 0 Å². The predicted molar refractivity (Wildman–Crippen MR) is 105 cm³/mol. The van der Waals surface area contributed by atoms with Crippen LogP contribution in [0.15, 0.2) is 48.5 Å². The minimum absolute atomic E-state index is 0.0576. The normalized spacial score (nSPS) is 12.2. The summed E-state index contributed by atoms with van der Waals surface area (Å²) in [6.45, 7) is -0.815. The molecule has 0 heterocycles. The lowest BCUT2D eigenvalue weighted by Crippen LogP contribution is -2.02. The summed E-state index contributed by atoms with van der Waals surface area (Å²) in [6.07, 6.45) is 3.57. The summed E-state index contributed by atoms with van der Waals surface area (Å²) in [5.41, 5.74) is 4.26. The molecule has 0 bridgehead atoms. The zero-order valence-corrected chi connectivity index (χ0v) is 15.9. The first kappa shape index (κ1) is 19.5. The second-order valence-corrected chi connectivity index (χ2v) is 7.25. The van der Waals surface area contributed by atoms with E-state index in [0.29, 0.717) is 17.5 Å². The van der Waals surface area contributed by atoms with E-state index in [2.05, 4.69) is 17.7 Å². The topological polar surface area (TPSA) is 9.23 Å². The van der Waals surface area contributed by atoms with Gasteiger partial charge in [0.25, 0.3) is 0 Å². The summed E-state index contributed by atoms with van der Waals surface area (Å²) < 4.78 is 59.1. The van der Waals surface area contributed by atoms with Gasteiger partial charge >= 0.3 is 6.61 Å². The highest BCUT2D eigenvalue weighted by Crippen LogP contribution is 2.42. The maximum absolute atomic E-state index is 15.3. The quantitative estimate of drug-likeness (QED) is 0.312. The molecule has 0 saturated heterocycles. The van der Waals surface area contributed by atoms with Gasteiger partial charge in [-0.2, -0.15) is 8.78 Å². The van der Waals surface area contributed by atoms with E-state index < -0.39 is 18.2 Å². The smallest absolute Gasteiger partial charge is 0.387 e. The van der Waals surface area contributed by atoms with Crippen molar-refractivity contribution in [2.24, 2.45) is 0 Å². The Labute approximate surface area is 167 Å². The second kappa shape index (κ2) is 7.90. The molecule has 0 unspecified atom stereocenters. The summed E-state index contributed by atoms with van der Waals surface area (Å²) in [5, 5.41) is 0. The van der Waals surface area contributed by atoms with Gasteiger partial charge in [0.1, 0.15) is 17.4 Å². The van der Waals surface area contributed by atoms with Gasteiger partial charge in [-0.1, -0.05) is 43.7 Å². The Morgan fingerprint density at radius 2 is 1.72 bits per heavy atom. The molecule has 4 rings (SSSR count). The van der Waals surface area contributed by atoms with Crippen LogP contribution in [0.5, 0.6) is 5.75 Å². The highest BCUT2D eigenvalue weighted by molar-refractivity contribution is 5.81. The first-order chi connectivity index (χ1) is 14.0. The Bertz CT molecular complexity index is 1040. The highest BCUT2D eigenvalue weighted by atomic mass is 19.3. The van der Waals surface area contributed by atoms with E-state index in [4.69, 9.17) is 0 Å². The molecule has 5 heteroatoms. The lowest BCUT2D eigenvalue weighted by molar-refractivity contribution is -0.0498. The first-order valence-corrected chi connectivity index (χ1v) is 9.66. The van der Waals surface area contributed by atoms with E-state index in [1.54, 1.807) is 0 Å². The third-order valence-electron chi connectivity index (χ3n) is 5.33. The van der Waals surface area contributed by atoms with Crippen molar-refractivity contribution in [1.29, 1.82) is 0 Å². The molecule has 1 aliphatic rings. The Morgan fingerprint density at radius 3 is 2.41 bits per heavy atom. The highest BCUT2D eigenvalue weighted by Gasteiger charge is 2.27. The van der Waals surface area contributed by atoms with Crippen LogP contribution in [-0.4, -0.2) is 6.61 Å².